The van der Waals surface area contributed by atoms with Gasteiger partial charge in [-0.2, -0.15) is 8.78 Å². The monoisotopic (exact) mass is 413 g/mol. The molecule has 0 saturated carbocycles. The fourth-order valence-electron chi connectivity index (χ4n) is 3.17. The van der Waals surface area contributed by atoms with Gasteiger partial charge >= 0.3 is 6.61 Å². The van der Waals surface area contributed by atoms with E-state index in [-0.39, 0.29) is 17.9 Å². The van der Waals surface area contributed by atoms with Crippen molar-refractivity contribution in [2.24, 2.45) is 5.16 Å². The Bertz CT molecular complexity index is 1280. The number of aromatic nitrogens is 4. The molecule has 0 aliphatic carbocycles. The number of benzene rings is 2. The van der Waals surface area contributed by atoms with Crippen LogP contribution < -0.4 is 10.3 Å². The molecule has 154 valence electrons. The average Bonchev–Trinajstić information content (AvgIpc) is 3.16. The fourth-order valence-corrected chi connectivity index (χ4v) is 3.17. The van der Waals surface area contributed by atoms with E-state index in [4.69, 9.17) is 4.84 Å². The molecule has 0 aliphatic heterocycles. The van der Waals surface area contributed by atoms with Crippen molar-refractivity contribution >= 4 is 22.9 Å². The number of ether oxygens (including phenoxy) is 1. The number of hydrogen-bond donors (Lipinski definition) is 0. The number of oxime groups is 1. The third-order valence-electron chi connectivity index (χ3n) is 4.49. The molecular weight excluding hydrogens is 396 g/mol. The van der Waals surface area contributed by atoms with E-state index in [0.29, 0.717) is 34.6 Å². The molecule has 0 unspecified atom stereocenters. The average molecular weight is 413 g/mol. The van der Waals surface area contributed by atoms with Gasteiger partial charge in [-0.15, -0.1) is 10.2 Å². The summed E-state index contributed by atoms with van der Waals surface area (Å²) < 4.78 is 32.7. The van der Waals surface area contributed by atoms with Gasteiger partial charge in [-0.25, -0.2) is 0 Å². The number of nitrogens with zero attached hydrogens (tertiary/aromatic N) is 5. The Kier molecular flexibility index (Phi) is 5.38. The number of alkyl halides is 2. The Hall–Kier alpha value is -3.82. The predicted octanol–water partition coefficient (Wildman–Crippen LogP) is 3.22. The molecule has 8 nitrogen and oxygen atoms in total. The maximum atomic E-state index is 12.7. The molecule has 0 atom stereocenters. The number of hydrogen-bond acceptors (Lipinski definition) is 6. The fraction of sp³-hybridized carbons (Fsp3) is 0.200. The Morgan fingerprint density at radius 2 is 1.90 bits per heavy atom. The lowest BCUT2D eigenvalue weighted by Crippen LogP contribution is -2.22. The first-order valence-corrected chi connectivity index (χ1v) is 9.15. The summed E-state index contributed by atoms with van der Waals surface area (Å²) in [4.78, 5) is 18.0. The van der Waals surface area contributed by atoms with E-state index >= 15 is 0 Å². The first kappa shape index (κ1) is 19.5. The van der Waals surface area contributed by atoms with Gasteiger partial charge in [-0.05, 0) is 31.2 Å². The Morgan fingerprint density at radius 1 is 1.13 bits per heavy atom. The summed E-state index contributed by atoms with van der Waals surface area (Å²) in [7, 11) is 0. The van der Waals surface area contributed by atoms with E-state index in [2.05, 4.69) is 20.1 Å². The first-order chi connectivity index (χ1) is 14.6. The van der Waals surface area contributed by atoms with E-state index in [0.717, 1.165) is 0 Å². The molecule has 0 amide bonds. The maximum absolute atomic E-state index is 12.7. The Morgan fingerprint density at radius 3 is 2.70 bits per heavy atom. The van der Waals surface area contributed by atoms with Crippen molar-refractivity contribution < 1.29 is 18.4 Å². The van der Waals surface area contributed by atoms with Gasteiger partial charge in [0.25, 0.3) is 5.56 Å². The van der Waals surface area contributed by atoms with Crippen molar-refractivity contribution in [3.8, 4) is 5.75 Å². The minimum absolute atomic E-state index is 0.00858. The number of rotatable bonds is 7. The van der Waals surface area contributed by atoms with Crippen LogP contribution in [0.3, 0.4) is 0 Å². The van der Waals surface area contributed by atoms with E-state index in [1.807, 2.05) is 13.0 Å². The van der Waals surface area contributed by atoms with Crippen molar-refractivity contribution in [1.82, 2.24) is 19.2 Å². The van der Waals surface area contributed by atoms with Crippen LogP contribution in [0.1, 0.15) is 18.3 Å². The second-order valence-electron chi connectivity index (χ2n) is 6.24. The molecular formula is C20H17F2N5O3. The molecule has 2 heterocycles. The second kappa shape index (κ2) is 8.27. The lowest BCUT2D eigenvalue weighted by atomic mass is 10.2. The SMILES string of the molecule is CCn1c(=O)c2ccccc2n2c(CO/N=C/c3ccccc3OC(F)F)nnc12. The molecule has 4 aromatic rings. The molecule has 0 fully saturated rings. The molecule has 10 heteroatoms. The third kappa shape index (κ3) is 3.59. The summed E-state index contributed by atoms with van der Waals surface area (Å²) in [5, 5.41) is 12.6. The highest BCUT2D eigenvalue weighted by Gasteiger charge is 2.15. The highest BCUT2D eigenvalue weighted by molar-refractivity contribution is 5.83. The summed E-state index contributed by atoms with van der Waals surface area (Å²) in [6.07, 6.45) is 1.28. The Balaban J connectivity index is 1.63. The summed E-state index contributed by atoms with van der Waals surface area (Å²) >= 11 is 0. The normalized spacial score (nSPS) is 11.7. The number of aryl methyl sites for hydroxylation is 1. The van der Waals surface area contributed by atoms with Crippen LogP contribution in [0.15, 0.2) is 58.5 Å². The quantitative estimate of drug-likeness (QED) is 0.343. The van der Waals surface area contributed by atoms with Crippen LogP contribution in [0.5, 0.6) is 5.75 Å². The molecule has 0 N–H and O–H groups in total. The third-order valence-corrected chi connectivity index (χ3v) is 4.49. The van der Waals surface area contributed by atoms with E-state index < -0.39 is 6.61 Å². The topological polar surface area (TPSA) is 83.0 Å². The largest absolute Gasteiger partial charge is 0.434 e. The summed E-state index contributed by atoms with van der Waals surface area (Å²) in [5.74, 6) is 0.836. The van der Waals surface area contributed by atoms with Gasteiger partial charge in [-0.3, -0.25) is 13.8 Å². The molecule has 30 heavy (non-hydrogen) atoms. The van der Waals surface area contributed by atoms with Crippen molar-refractivity contribution in [3.63, 3.8) is 0 Å². The zero-order valence-corrected chi connectivity index (χ0v) is 15.9. The van der Waals surface area contributed by atoms with Gasteiger partial charge in [0, 0.05) is 12.1 Å². The van der Waals surface area contributed by atoms with Crippen molar-refractivity contribution in [2.45, 2.75) is 26.7 Å². The summed E-state index contributed by atoms with van der Waals surface area (Å²) in [5.41, 5.74) is 0.855. The maximum Gasteiger partial charge on any atom is 0.387 e. The van der Waals surface area contributed by atoms with Crippen LogP contribution in [0.4, 0.5) is 8.78 Å². The molecule has 0 radical (unpaired) electrons. The molecule has 0 spiro atoms. The lowest BCUT2D eigenvalue weighted by Gasteiger charge is -2.09. The lowest BCUT2D eigenvalue weighted by molar-refractivity contribution is -0.0499. The van der Waals surface area contributed by atoms with Crippen LogP contribution in [-0.2, 0) is 18.0 Å². The van der Waals surface area contributed by atoms with Crippen molar-refractivity contribution in [3.05, 3.63) is 70.3 Å². The second-order valence-corrected chi connectivity index (χ2v) is 6.24. The minimum Gasteiger partial charge on any atom is -0.434 e. The van der Waals surface area contributed by atoms with Crippen molar-refractivity contribution in [1.29, 1.82) is 0 Å². The predicted molar refractivity (Wildman–Crippen MR) is 106 cm³/mol. The summed E-state index contributed by atoms with van der Waals surface area (Å²) in [6.45, 7) is -0.691. The van der Waals surface area contributed by atoms with Crippen LogP contribution in [0.2, 0.25) is 0 Å². The molecule has 0 bridgehead atoms. The van der Waals surface area contributed by atoms with E-state index in [9.17, 15) is 13.6 Å². The number of halogens is 2. The van der Waals surface area contributed by atoms with Crippen LogP contribution in [0.25, 0.3) is 16.7 Å². The zero-order valence-electron chi connectivity index (χ0n) is 15.9. The van der Waals surface area contributed by atoms with Gasteiger partial charge in [0.1, 0.15) is 5.75 Å². The van der Waals surface area contributed by atoms with Crippen LogP contribution >= 0.6 is 0 Å². The highest BCUT2D eigenvalue weighted by atomic mass is 19.3. The van der Waals surface area contributed by atoms with Crippen molar-refractivity contribution in [2.75, 3.05) is 0 Å². The van der Waals surface area contributed by atoms with Gasteiger partial charge in [0.15, 0.2) is 12.4 Å². The van der Waals surface area contributed by atoms with Gasteiger partial charge in [-0.1, -0.05) is 29.4 Å². The Labute approximate surface area is 169 Å². The van der Waals surface area contributed by atoms with Gasteiger partial charge < -0.3 is 9.57 Å². The van der Waals surface area contributed by atoms with Crippen LogP contribution in [-0.4, -0.2) is 32.0 Å². The van der Waals surface area contributed by atoms with Crippen LogP contribution in [0, 0.1) is 0 Å². The molecule has 2 aromatic carbocycles. The molecule has 4 rings (SSSR count). The number of fused-ring (bicyclic) bond motifs is 3. The zero-order chi connectivity index (χ0) is 21.1. The van der Waals surface area contributed by atoms with Gasteiger partial charge in [0.05, 0.1) is 17.1 Å². The molecule has 0 saturated heterocycles. The van der Waals surface area contributed by atoms with E-state index in [1.54, 1.807) is 40.8 Å². The standard InChI is InChI=1S/C20H17F2N5O3/c1-2-26-18(28)14-8-4-5-9-15(14)27-17(24-25-20(26)27)12-29-23-11-13-7-3-6-10-16(13)30-19(21)22/h3-11,19H,2,12H2,1H3/b23-11+. The number of para-hydroxylation sites is 2. The molecule has 2 aromatic heterocycles. The van der Waals surface area contributed by atoms with Gasteiger partial charge in [0.2, 0.25) is 5.78 Å². The summed E-state index contributed by atoms with van der Waals surface area (Å²) in [6, 6.07) is 13.4. The highest BCUT2D eigenvalue weighted by Crippen LogP contribution is 2.19. The first-order valence-electron chi connectivity index (χ1n) is 9.15. The smallest absolute Gasteiger partial charge is 0.387 e. The minimum atomic E-state index is -2.94. The van der Waals surface area contributed by atoms with E-state index in [1.165, 1.54) is 16.8 Å². The molecule has 0 aliphatic rings.